The molecule has 1 unspecified atom stereocenters. The fourth-order valence-corrected chi connectivity index (χ4v) is 3.14. The second-order valence-electron chi connectivity index (χ2n) is 6.71. The van der Waals surface area contributed by atoms with E-state index in [9.17, 15) is 4.79 Å². The van der Waals surface area contributed by atoms with Crippen molar-refractivity contribution in [1.29, 1.82) is 0 Å². The van der Waals surface area contributed by atoms with Crippen molar-refractivity contribution in [3.05, 3.63) is 0 Å². The monoisotopic (exact) mass is 297 g/mol. The van der Waals surface area contributed by atoms with Crippen molar-refractivity contribution in [3.63, 3.8) is 0 Å². The van der Waals surface area contributed by atoms with Crippen LogP contribution < -0.4 is 11.1 Å². The zero-order chi connectivity index (χ0) is 15.3. The van der Waals surface area contributed by atoms with E-state index in [0.29, 0.717) is 12.1 Å². The number of rotatable bonds is 9. The average Bonchev–Trinajstić information content (AvgIpc) is 3.25. The topological polar surface area (TPSA) is 67.6 Å². The number of nitrogens with two attached hydrogens (primary N) is 1. The quantitative estimate of drug-likeness (QED) is 0.672. The molecule has 1 aliphatic carbocycles. The number of carbonyl (C=O) groups excluding carboxylic acids is 1. The number of likely N-dealkylation sites (tertiary alicyclic amines) is 1. The summed E-state index contributed by atoms with van der Waals surface area (Å²) in [6.45, 7) is 8.09. The minimum Gasteiger partial charge on any atom is -0.378 e. The van der Waals surface area contributed by atoms with Gasteiger partial charge in [-0.05, 0) is 58.9 Å². The first kappa shape index (κ1) is 16.7. The number of amides is 1. The summed E-state index contributed by atoms with van der Waals surface area (Å²) in [6.07, 6.45) is 6.88. The summed E-state index contributed by atoms with van der Waals surface area (Å²) in [5.74, 6) is -0.218. The number of piperidine rings is 1. The third-order valence-corrected chi connectivity index (χ3v) is 4.73. The summed E-state index contributed by atoms with van der Waals surface area (Å²) >= 11 is 0. The van der Waals surface area contributed by atoms with E-state index in [1.165, 1.54) is 12.8 Å². The molecule has 0 aromatic carbocycles. The minimum absolute atomic E-state index is 0.218. The van der Waals surface area contributed by atoms with Gasteiger partial charge in [0.25, 0.3) is 0 Å². The van der Waals surface area contributed by atoms with Gasteiger partial charge in [-0.3, -0.25) is 4.79 Å². The van der Waals surface area contributed by atoms with Crippen molar-refractivity contribution in [3.8, 4) is 0 Å². The highest BCUT2D eigenvalue weighted by atomic mass is 16.5. The van der Waals surface area contributed by atoms with Gasteiger partial charge >= 0.3 is 0 Å². The van der Waals surface area contributed by atoms with Crippen molar-refractivity contribution >= 4 is 5.91 Å². The fourth-order valence-electron chi connectivity index (χ4n) is 3.14. The maximum absolute atomic E-state index is 11.7. The van der Waals surface area contributed by atoms with E-state index in [2.05, 4.69) is 17.1 Å². The van der Waals surface area contributed by atoms with E-state index >= 15 is 0 Å². The summed E-state index contributed by atoms with van der Waals surface area (Å²) in [6, 6.07) is 0.504. The highest BCUT2D eigenvalue weighted by molar-refractivity contribution is 5.84. The van der Waals surface area contributed by atoms with Gasteiger partial charge in [0, 0.05) is 25.7 Å². The number of ether oxygens (including phenoxy) is 1. The van der Waals surface area contributed by atoms with Gasteiger partial charge in [0.2, 0.25) is 5.91 Å². The molecule has 21 heavy (non-hydrogen) atoms. The van der Waals surface area contributed by atoms with Crippen LogP contribution in [0.3, 0.4) is 0 Å². The number of hydrogen-bond acceptors (Lipinski definition) is 4. The Morgan fingerprint density at radius 3 is 2.52 bits per heavy atom. The second kappa shape index (κ2) is 7.56. The SMILES string of the molecule is CCOC1CCN(CCCC(C)(NC2CC2)C(N)=O)CC1. The molecule has 0 aromatic rings. The molecular formula is C16H31N3O2. The zero-order valence-corrected chi connectivity index (χ0v) is 13.6. The molecule has 1 aliphatic heterocycles. The van der Waals surface area contributed by atoms with Gasteiger partial charge in [-0.25, -0.2) is 0 Å². The summed E-state index contributed by atoms with van der Waals surface area (Å²) in [7, 11) is 0. The van der Waals surface area contributed by atoms with E-state index in [1.807, 2.05) is 6.92 Å². The normalized spacial score (nSPS) is 23.9. The number of carbonyl (C=O) groups is 1. The van der Waals surface area contributed by atoms with Gasteiger partial charge < -0.3 is 20.7 Å². The molecule has 0 spiro atoms. The minimum atomic E-state index is -0.537. The third-order valence-electron chi connectivity index (χ3n) is 4.73. The zero-order valence-electron chi connectivity index (χ0n) is 13.6. The lowest BCUT2D eigenvalue weighted by Crippen LogP contribution is -2.54. The summed E-state index contributed by atoms with van der Waals surface area (Å²) in [5, 5.41) is 3.42. The molecule has 3 N–H and O–H groups in total. The Balaban J connectivity index is 1.67. The number of nitrogens with one attached hydrogen (secondary N) is 1. The van der Waals surface area contributed by atoms with Crippen LogP contribution in [-0.4, -0.2) is 54.7 Å². The van der Waals surface area contributed by atoms with Gasteiger partial charge in [-0.1, -0.05) is 0 Å². The van der Waals surface area contributed by atoms with Crippen molar-refractivity contribution in [2.45, 2.75) is 70.1 Å². The molecule has 0 aromatic heterocycles. The number of primary amides is 1. The maximum atomic E-state index is 11.7. The van der Waals surface area contributed by atoms with Crippen molar-refractivity contribution in [2.24, 2.45) is 5.73 Å². The van der Waals surface area contributed by atoms with E-state index in [4.69, 9.17) is 10.5 Å². The Labute approximate surface area is 128 Å². The molecule has 0 radical (unpaired) electrons. The molecule has 5 nitrogen and oxygen atoms in total. The van der Waals surface area contributed by atoms with Crippen LogP contribution in [0.4, 0.5) is 0 Å². The third kappa shape index (κ3) is 5.24. The standard InChI is InChI=1S/C16H31N3O2/c1-3-21-14-7-11-19(12-8-14)10-4-9-16(2,15(17)20)18-13-5-6-13/h13-14,18H,3-12H2,1-2H3,(H2,17,20). The smallest absolute Gasteiger partial charge is 0.237 e. The first-order valence-electron chi connectivity index (χ1n) is 8.45. The Morgan fingerprint density at radius 2 is 2.00 bits per heavy atom. The Hall–Kier alpha value is -0.650. The van der Waals surface area contributed by atoms with Gasteiger partial charge in [0.15, 0.2) is 0 Å². The van der Waals surface area contributed by atoms with Crippen LogP contribution in [0.5, 0.6) is 0 Å². The second-order valence-corrected chi connectivity index (χ2v) is 6.71. The van der Waals surface area contributed by atoms with E-state index < -0.39 is 5.54 Å². The van der Waals surface area contributed by atoms with Gasteiger partial charge in [0.1, 0.15) is 0 Å². The first-order valence-corrected chi connectivity index (χ1v) is 8.45. The van der Waals surface area contributed by atoms with Crippen molar-refractivity contribution < 1.29 is 9.53 Å². The van der Waals surface area contributed by atoms with Crippen molar-refractivity contribution in [2.75, 3.05) is 26.2 Å². The molecule has 1 heterocycles. The number of hydrogen-bond donors (Lipinski definition) is 2. The maximum Gasteiger partial charge on any atom is 0.237 e. The Bertz CT molecular complexity index is 338. The van der Waals surface area contributed by atoms with Crippen molar-refractivity contribution in [1.82, 2.24) is 10.2 Å². The molecule has 122 valence electrons. The highest BCUT2D eigenvalue weighted by Gasteiger charge is 2.36. The van der Waals surface area contributed by atoms with Crippen LogP contribution in [0.15, 0.2) is 0 Å². The highest BCUT2D eigenvalue weighted by Crippen LogP contribution is 2.25. The molecule has 1 saturated heterocycles. The lowest BCUT2D eigenvalue weighted by molar-refractivity contribution is -0.124. The summed E-state index contributed by atoms with van der Waals surface area (Å²) in [5.41, 5.74) is 5.05. The molecule has 0 bridgehead atoms. The molecule has 5 heteroatoms. The van der Waals surface area contributed by atoms with Crippen LogP contribution >= 0.6 is 0 Å². The van der Waals surface area contributed by atoms with Crippen LogP contribution in [-0.2, 0) is 9.53 Å². The van der Waals surface area contributed by atoms with Crippen LogP contribution in [0, 0.1) is 0 Å². The molecule has 1 amide bonds. The van der Waals surface area contributed by atoms with Gasteiger partial charge in [-0.15, -0.1) is 0 Å². The Morgan fingerprint density at radius 1 is 1.33 bits per heavy atom. The summed E-state index contributed by atoms with van der Waals surface area (Å²) in [4.78, 5) is 14.2. The lowest BCUT2D eigenvalue weighted by Gasteiger charge is -2.33. The molecule has 2 rings (SSSR count). The van der Waals surface area contributed by atoms with Crippen LogP contribution in [0.2, 0.25) is 0 Å². The molecule has 1 saturated carbocycles. The first-order chi connectivity index (χ1) is 10.0. The van der Waals surface area contributed by atoms with E-state index in [-0.39, 0.29) is 5.91 Å². The predicted molar refractivity (Wildman–Crippen MR) is 84.1 cm³/mol. The van der Waals surface area contributed by atoms with Gasteiger partial charge in [-0.2, -0.15) is 0 Å². The van der Waals surface area contributed by atoms with Crippen LogP contribution in [0.1, 0.15) is 52.4 Å². The lowest BCUT2D eigenvalue weighted by atomic mass is 9.94. The number of nitrogens with zero attached hydrogens (tertiary/aromatic N) is 1. The van der Waals surface area contributed by atoms with E-state index in [1.54, 1.807) is 0 Å². The van der Waals surface area contributed by atoms with E-state index in [0.717, 1.165) is 51.9 Å². The van der Waals surface area contributed by atoms with Gasteiger partial charge in [0.05, 0.1) is 11.6 Å². The summed E-state index contributed by atoms with van der Waals surface area (Å²) < 4.78 is 5.67. The predicted octanol–water partition coefficient (Wildman–Crippen LogP) is 1.26. The average molecular weight is 297 g/mol. The largest absolute Gasteiger partial charge is 0.378 e. The molecule has 2 fully saturated rings. The molecule has 2 aliphatic rings. The Kier molecular flexibility index (Phi) is 6.02. The van der Waals surface area contributed by atoms with Crippen LogP contribution in [0.25, 0.3) is 0 Å². The molecular weight excluding hydrogens is 266 g/mol. The fraction of sp³-hybridized carbons (Fsp3) is 0.938. The molecule has 1 atom stereocenters.